The minimum atomic E-state index is -0.718. The van der Waals surface area contributed by atoms with Crippen LogP contribution in [0.4, 0.5) is 9.59 Å². The normalized spacial score (nSPS) is 9.50. The maximum Gasteiger partial charge on any atom is 0.332 e. The van der Waals surface area contributed by atoms with Gasteiger partial charge in [-0.05, 0) is 6.92 Å². The van der Waals surface area contributed by atoms with E-state index < -0.39 is 12.1 Å². The van der Waals surface area contributed by atoms with Crippen molar-refractivity contribution >= 4 is 29.4 Å². The molecule has 0 aliphatic rings. The number of hydrogen-bond donors (Lipinski definition) is 5. The molecule has 0 aromatic rings. The molecule has 82 valence electrons. The first-order valence-corrected chi connectivity index (χ1v) is 3.88. The number of nitrogens with zero attached hydrogens (tertiary/aromatic N) is 1. The first kappa shape index (κ1) is 15.0. The van der Waals surface area contributed by atoms with E-state index in [2.05, 4.69) is 16.7 Å². The predicted molar refractivity (Wildman–Crippen MR) is 53.5 cm³/mol. The van der Waals surface area contributed by atoms with Crippen molar-refractivity contribution in [3.8, 4) is 0 Å². The standard InChI is InChI=1S/C4H8ClN3O.CH5N3O/c1-3(2-5)7-8-4(6)9;2-1(5)4-3/h2H2,1H3,(H3,6,8,9);3H2,(H3,2,4,5)/b7-3-;. The van der Waals surface area contributed by atoms with E-state index in [0.29, 0.717) is 11.6 Å². The zero-order chi connectivity index (χ0) is 11.6. The molecule has 4 amide bonds. The fraction of sp³-hybridized carbons (Fsp3) is 0.400. The van der Waals surface area contributed by atoms with Gasteiger partial charge in [-0.3, -0.25) is 5.43 Å². The van der Waals surface area contributed by atoms with Crippen LogP contribution in [-0.2, 0) is 0 Å². The molecule has 8 N–H and O–H groups in total. The molecule has 9 heteroatoms. The summed E-state index contributed by atoms with van der Waals surface area (Å²) >= 11 is 5.31. The number of hydrazone groups is 1. The Balaban J connectivity index is 0. The second-order valence-corrected chi connectivity index (χ2v) is 2.23. The summed E-state index contributed by atoms with van der Waals surface area (Å²) in [6, 6.07) is -1.40. The van der Waals surface area contributed by atoms with E-state index in [1.807, 2.05) is 5.43 Å². The number of hydrazine groups is 1. The summed E-state index contributed by atoms with van der Waals surface area (Å²) in [5.41, 5.74) is 13.4. The van der Waals surface area contributed by atoms with Crippen LogP contribution in [-0.4, -0.2) is 23.7 Å². The van der Waals surface area contributed by atoms with Gasteiger partial charge in [0.2, 0.25) is 0 Å². The number of urea groups is 2. The van der Waals surface area contributed by atoms with Gasteiger partial charge in [0.1, 0.15) is 0 Å². The van der Waals surface area contributed by atoms with Crippen molar-refractivity contribution in [2.24, 2.45) is 22.4 Å². The number of carbonyl (C=O) groups is 2. The number of carbonyl (C=O) groups excluding carboxylic acids is 2. The fourth-order valence-corrected chi connectivity index (χ4v) is 0.240. The Labute approximate surface area is 85.8 Å². The van der Waals surface area contributed by atoms with Gasteiger partial charge in [-0.25, -0.2) is 20.9 Å². The second-order valence-electron chi connectivity index (χ2n) is 1.97. The van der Waals surface area contributed by atoms with E-state index in [-0.39, 0.29) is 0 Å². The van der Waals surface area contributed by atoms with Crippen molar-refractivity contribution in [1.29, 1.82) is 0 Å². The van der Waals surface area contributed by atoms with Crippen LogP contribution in [0.3, 0.4) is 0 Å². The highest BCUT2D eigenvalue weighted by atomic mass is 35.5. The Bertz CT molecular complexity index is 218. The average molecular weight is 225 g/mol. The highest BCUT2D eigenvalue weighted by molar-refractivity contribution is 6.28. The maximum absolute atomic E-state index is 9.98. The lowest BCUT2D eigenvalue weighted by molar-refractivity contribution is 0.248. The lowest BCUT2D eigenvalue weighted by Gasteiger charge is -1.92. The molecule has 0 aromatic heterocycles. The molecule has 0 radical (unpaired) electrons. The molecule has 0 fully saturated rings. The van der Waals surface area contributed by atoms with Gasteiger partial charge >= 0.3 is 12.1 Å². The van der Waals surface area contributed by atoms with Crippen molar-refractivity contribution in [1.82, 2.24) is 10.9 Å². The van der Waals surface area contributed by atoms with Crippen molar-refractivity contribution < 1.29 is 9.59 Å². The predicted octanol–water partition coefficient (Wildman–Crippen LogP) is -1.20. The Morgan fingerprint density at radius 2 is 1.79 bits per heavy atom. The third kappa shape index (κ3) is 16.8. The van der Waals surface area contributed by atoms with Crippen molar-refractivity contribution in [3.63, 3.8) is 0 Å². The number of alkyl halides is 1. The molecule has 0 rings (SSSR count). The molecule has 0 heterocycles. The molecular formula is C5H13ClN6O2. The third-order valence-corrected chi connectivity index (χ3v) is 1.08. The van der Waals surface area contributed by atoms with Gasteiger partial charge in [0.05, 0.1) is 11.6 Å². The maximum atomic E-state index is 9.98. The monoisotopic (exact) mass is 224 g/mol. The van der Waals surface area contributed by atoms with Crippen LogP contribution < -0.4 is 28.2 Å². The molecule has 0 aliphatic heterocycles. The smallest absolute Gasteiger partial charge is 0.332 e. The summed E-state index contributed by atoms with van der Waals surface area (Å²) in [5, 5.41) is 3.50. The molecule has 0 saturated carbocycles. The molecule has 0 bridgehead atoms. The first-order valence-electron chi connectivity index (χ1n) is 3.34. The van der Waals surface area contributed by atoms with E-state index >= 15 is 0 Å². The van der Waals surface area contributed by atoms with Crippen LogP contribution in [0.5, 0.6) is 0 Å². The van der Waals surface area contributed by atoms with Crippen LogP contribution in [0.1, 0.15) is 6.92 Å². The Hall–Kier alpha value is -1.54. The van der Waals surface area contributed by atoms with Gasteiger partial charge < -0.3 is 11.5 Å². The Kier molecular flexibility index (Phi) is 10.2. The number of halogens is 1. The average Bonchev–Trinajstić information content (AvgIpc) is 2.14. The summed E-state index contributed by atoms with van der Waals surface area (Å²) in [6.07, 6.45) is 0. The quantitative estimate of drug-likeness (QED) is 0.132. The zero-order valence-corrected chi connectivity index (χ0v) is 8.34. The van der Waals surface area contributed by atoms with Crippen molar-refractivity contribution in [3.05, 3.63) is 0 Å². The van der Waals surface area contributed by atoms with E-state index in [0.717, 1.165) is 0 Å². The summed E-state index contributed by atoms with van der Waals surface area (Å²) in [7, 11) is 0. The first-order chi connectivity index (χ1) is 6.43. The van der Waals surface area contributed by atoms with E-state index in [9.17, 15) is 9.59 Å². The van der Waals surface area contributed by atoms with Crippen LogP contribution >= 0.6 is 11.6 Å². The largest absolute Gasteiger partial charge is 0.351 e. The summed E-state index contributed by atoms with van der Waals surface area (Å²) in [4.78, 5) is 19.3. The highest BCUT2D eigenvalue weighted by Crippen LogP contribution is 1.78. The molecule has 0 atom stereocenters. The molecule has 0 aromatic carbocycles. The van der Waals surface area contributed by atoms with E-state index in [4.69, 9.17) is 17.3 Å². The molecule has 8 nitrogen and oxygen atoms in total. The van der Waals surface area contributed by atoms with Crippen molar-refractivity contribution in [2.75, 3.05) is 5.88 Å². The summed E-state index contributed by atoms with van der Waals surface area (Å²) in [5.74, 6) is 4.74. The van der Waals surface area contributed by atoms with Gasteiger partial charge in [0.15, 0.2) is 0 Å². The van der Waals surface area contributed by atoms with Crippen LogP contribution in [0, 0.1) is 0 Å². The number of nitrogens with one attached hydrogen (secondary N) is 2. The van der Waals surface area contributed by atoms with Gasteiger partial charge in [-0.1, -0.05) is 0 Å². The Morgan fingerprint density at radius 1 is 1.36 bits per heavy atom. The zero-order valence-electron chi connectivity index (χ0n) is 7.58. The van der Waals surface area contributed by atoms with Gasteiger partial charge in [-0.2, -0.15) is 5.10 Å². The third-order valence-electron chi connectivity index (χ3n) is 0.693. The Morgan fingerprint density at radius 3 is 2.00 bits per heavy atom. The number of hydrogen-bond acceptors (Lipinski definition) is 4. The van der Waals surface area contributed by atoms with Crippen LogP contribution in [0.2, 0.25) is 0 Å². The highest BCUT2D eigenvalue weighted by Gasteiger charge is 1.87. The summed E-state index contributed by atoms with van der Waals surface area (Å²) < 4.78 is 0. The topological polar surface area (TPSA) is 149 Å². The number of amides is 4. The number of primary amides is 2. The molecule has 14 heavy (non-hydrogen) atoms. The van der Waals surface area contributed by atoms with E-state index in [1.165, 1.54) is 0 Å². The van der Waals surface area contributed by atoms with Crippen LogP contribution in [0.15, 0.2) is 5.10 Å². The second kappa shape index (κ2) is 9.55. The minimum Gasteiger partial charge on any atom is -0.351 e. The summed E-state index contributed by atoms with van der Waals surface area (Å²) in [6.45, 7) is 1.68. The number of nitrogens with two attached hydrogens (primary N) is 3. The SMILES string of the molecule is C/C(CCl)=N/NC(N)=O.NNC(N)=O. The minimum absolute atomic E-state index is 0.292. The molecule has 0 aliphatic carbocycles. The lowest BCUT2D eigenvalue weighted by atomic mass is 10.5. The molecule has 0 saturated heterocycles. The van der Waals surface area contributed by atoms with Crippen LogP contribution in [0.25, 0.3) is 0 Å². The van der Waals surface area contributed by atoms with Gasteiger partial charge in [-0.15, -0.1) is 11.6 Å². The van der Waals surface area contributed by atoms with Crippen molar-refractivity contribution in [2.45, 2.75) is 6.92 Å². The fourth-order valence-electron chi connectivity index (χ4n) is 0.180. The number of rotatable bonds is 2. The molecule has 0 unspecified atom stereocenters. The van der Waals surface area contributed by atoms with Gasteiger partial charge in [0.25, 0.3) is 0 Å². The lowest BCUT2D eigenvalue weighted by Crippen LogP contribution is -2.34. The van der Waals surface area contributed by atoms with Gasteiger partial charge in [0, 0.05) is 0 Å². The molecular weight excluding hydrogens is 212 g/mol. The van der Waals surface area contributed by atoms with E-state index in [1.54, 1.807) is 12.3 Å². The molecule has 0 spiro atoms.